The number of hydrogen-bond acceptors (Lipinski definition) is 3. The predicted molar refractivity (Wildman–Crippen MR) is 89.4 cm³/mol. The molecular formula is C17H13BrN2O2. The van der Waals surface area contributed by atoms with E-state index in [1.54, 1.807) is 18.2 Å². The molecule has 0 atom stereocenters. The van der Waals surface area contributed by atoms with Crippen LogP contribution in [0.15, 0.2) is 59.1 Å². The first kappa shape index (κ1) is 15.8. The van der Waals surface area contributed by atoms with Gasteiger partial charge in [-0.05, 0) is 51.8 Å². The largest absolute Gasteiger partial charge is 0.479 e. The highest BCUT2D eigenvalue weighted by molar-refractivity contribution is 9.10. The summed E-state index contributed by atoms with van der Waals surface area (Å²) in [7, 11) is 0. The van der Waals surface area contributed by atoms with Crippen LogP contribution in [0.2, 0.25) is 0 Å². The molecule has 2 aromatic rings. The standard InChI is InChI=1S/C17H13BrN2O2/c18-15-3-1-2-4-16(15)20-17(21)10-7-13-5-8-14(9-6-13)22-12-11-19/h1-10H,12H2,(H,20,21)/b10-7+. The monoisotopic (exact) mass is 356 g/mol. The van der Waals surface area contributed by atoms with E-state index in [0.717, 1.165) is 15.7 Å². The average Bonchev–Trinajstić information content (AvgIpc) is 2.54. The molecule has 1 amide bonds. The van der Waals surface area contributed by atoms with Crippen LogP contribution < -0.4 is 10.1 Å². The van der Waals surface area contributed by atoms with Gasteiger partial charge in [-0.1, -0.05) is 24.3 Å². The summed E-state index contributed by atoms with van der Waals surface area (Å²) in [6.07, 6.45) is 3.17. The Morgan fingerprint density at radius 3 is 2.64 bits per heavy atom. The fourth-order valence-electron chi connectivity index (χ4n) is 1.70. The zero-order valence-corrected chi connectivity index (χ0v) is 13.2. The van der Waals surface area contributed by atoms with Crippen LogP contribution in [-0.4, -0.2) is 12.5 Å². The maximum Gasteiger partial charge on any atom is 0.248 e. The van der Waals surface area contributed by atoms with Crippen LogP contribution in [0.25, 0.3) is 6.08 Å². The van der Waals surface area contributed by atoms with Crippen LogP contribution >= 0.6 is 15.9 Å². The molecule has 0 heterocycles. The molecule has 4 nitrogen and oxygen atoms in total. The minimum atomic E-state index is -0.211. The molecule has 0 saturated carbocycles. The summed E-state index contributed by atoms with van der Waals surface area (Å²) in [5.41, 5.74) is 1.59. The van der Waals surface area contributed by atoms with Crippen molar-refractivity contribution in [2.24, 2.45) is 0 Å². The molecule has 2 rings (SSSR count). The zero-order chi connectivity index (χ0) is 15.8. The van der Waals surface area contributed by atoms with Crippen molar-refractivity contribution < 1.29 is 9.53 Å². The van der Waals surface area contributed by atoms with Crippen molar-refractivity contribution in [3.63, 3.8) is 0 Å². The summed E-state index contributed by atoms with van der Waals surface area (Å²) >= 11 is 3.37. The van der Waals surface area contributed by atoms with Crippen LogP contribution in [0.4, 0.5) is 5.69 Å². The lowest BCUT2D eigenvalue weighted by Gasteiger charge is -2.04. The average molecular weight is 357 g/mol. The Labute approximate surface area is 137 Å². The second kappa shape index (κ2) is 8.01. The Morgan fingerprint density at radius 2 is 1.95 bits per heavy atom. The van der Waals surface area contributed by atoms with Gasteiger partial charge < -0.3 is 10.1 Å². The topological polar surface area (TPSA) is 62.1 Å². The van der Waals surface area contributed by atoms with E-state index in [2.05, 4.69) is 21.2 Å². The van der Waals surface area contributed by atoms with Gasteiger partial charge in [0.25, 0.3) is 0 Å². The third-order valence-corrected chi connectivity index (χ3v) is 3.43. The number of nitrogens with zero attached hydrogens (tertiary/aromatic N) is 1. The number of carbonyl (C=O) groups is 1. The third kappa shape index (κ3) is 4.76. The van der Waals surface area contributed by atoms with Crippen molar-refractivity contribution in [2.45, 2.75) is 0 Å². The summed E-state index contributed by atoms with van der Waals surface area (Å²) in [6.45, 7) is 0.0174. The Bertz CT molecular complexity index is 718. The van der Waals surface area contributed by atoms with Gasteiger partial charge in [-0.25, -0.2) is 0 Å². The molecule has 22 heavy (non-hydrogen) atoms. The van der Waals surface area contributed by atoms with Crippen molar-refractivity contribution in [1.29, 1.82) is 5.26 Å². The first-order valence-electron chi connectivity index (χ1n) is 6.52. The van der Waals surface area contributed by atoms with Gasteiger partial charge in [-0.3, -0.25) is 4.79 Å². The second-order valence-electron chi connectivity index (χ2n) is 4.32. The number of para-hydroxylation sites is 1. The molecule has 0 unspecified atom stereocenters. The maximum absolute atomic E-state index is 11.9. The minimum absolute atomic E-state index is 0.0174. The smallest absolute Gasteiger partial charge is 0.248 e. The fourth-order valence-corrected chi connectivity index (χ4v) is 2.08. The highest BCUT2D eigenvalue weighted by atomic mass is 79.9. The van der Waals surface area contributed by atoms with Crippen LogP contribution in [-0.2, 0) is 4.79 Å². The minimum Gasteiger partial charge on any atom is -0.479 e. The molecule has 110 valence electrons. The van der Waals surface area contributed by atoms with E-state index in [4.69, 9.17) is 10.00 Å². The Kier molecular flexibility index (Phi) is 5.75. The van der Waals surface area contributed by atoms with E-state index in [9.17, 15) is 4.79 Å². The van der Waals surface area contributed by atoms with Crippen LogP contribution in [0, 0.1) is 11.3 Å². The Hall–Kier alpha value is -2.58. The number of amides is 1. The van der Waals surface area contributed by atoms with E-state index < -0.39 is 0 Å². The van der Waals surface area contributed by atoms with Crippen molar-refractivity contribution in [3.05, 3.63) is 64.6 Å². The van der Waals surface area contributed by atoms with E-state index in [1.165, 1.54) is 6.08 Å². The van der Waals surface area contributed by atoms with Gasteiger partial charge in [0.1, 0.15) is 11.8 Å². The Balaban J connectivity index is 1.95. The van der Waals surface area contributed by atoms with E-state index >= 15 is 0 Å². The number of rotatable bonds is 5. The fraction of sp³-hybridized carbons (Fsp3) is 0.0588. The maximum atomic E-state index is 11.9. The first-order valence-corrected chi connectivity index (χ1v) is 7.32. The number of nitrogens with one attached hydrogen (secondary N) is 1. The summed E-state index contributed by atoms with van der Waals surface area (Å²) in [6, 6.07) is 16.4. The molecular weight excluding hydrogens is 344 g/mol. The van der Waals surface area contributed by atoms with Crippen molar-refractivity contribution in [3.8, 4) is 11.8 Å². The molecule has 0 aliphatic rings. The van der Waals surface area contributed by atoms with E-state index in [1.807, 2.05) is 42.5 Å². The molecule has 0 fully saturated rings. The van der Waals surface area contributed by atoms with Crippen LogP contribution in [0.1, 0.15) is 5.56 Å². The highest BCUT2D eigenvalue weighted by Crippen LogP contribution is 2.21. The highest BCUT2D eigenvalue weighted by Gasteiger charge is 2.01. The molecule has 0 radical (unpaired) electrons. The number of hydrogen-bond donors (Lipinski definition) is 1. The van der Waals surface area contributed by atoms with Crippen molar-refractivity contribution in [2.75, 3.05) is 11.9 Å². The summed E-state index contributed by atoms with van der Waals surface area (Å²) in [4.78, 5) is 11.9. The van der Waals surface area contributed by atoms with Gasteiger partial charge >= 0.3 is 0 Å². The second-order valence-corrected chi connectivity index (χ2v) is 5.17. The summed E-state index contributed by atoms with van der Waals surface area (Å²) in [5, 5.41) is 11.2. The molecule has 0 aliphatic heterocycles. The molecule has 1 N–H and O–H groups in total. The number of ether oxygens (including phenoxy) is 1. The number of anilines is 1. The van der Waals surface area contributed by atoms with Gasteiger partial charge in [0, 0.05) is 10.5 Å². The van der Waals surface area contributed by atoms with Crippen LogP contribution in [0.3, 0.4) is 0 Å². The number of carbonyl (C=O) groups excluding carboxylic acids is 1. The number of benzene rings is 2. The number of halogens is 1. The van der Waals surface area contributed by atoms with Gasteiger partial charge in [0.15, 0.2) is 6.61 Å². The third-order valence-electron chi connectivity index (χ3n) is 2.74. The van der Waals surface area contributed by atoms with Crippen molar-refractivity contribution >= 4 is 33.6 Å². The van der Waals surface area contributed by atoms with E-state index in [-0.39, 0.29) is 12.5 Å². The van der Waals surface area contributed by atoms with Crippen molar-refractivity contribution in [1.82, 2.24) is 0 Å². The van der Waals surface area contributed by atoms with Gasteiger partial charge in [0.2, 0.25) is 5.91 Å². The predicted octanol–water partition coefficient (Wildman–Crippen LogP) is 4.00. The molecule has 0 bridgehead atoms. The van der Waals surface area contributed by atoms with E-state index in [0.29, 0.717) is 5.75 Å². The Morgan fingerprint density at radius 1 is 1.23 bits per heavy atom. The lowest BCUT2D eigenvalue weighted by atomic mass is 10.2. The van der Waals surface area contributed by atoms with Gasteiger partial charge in [0.05, 0.1) is 5.69 Å². The molecule has 0 aromatic heterocycles. The molecule has 0 aliphatic carbocycles. The molecule has 0 saturated heterocycles. The summed E-state index contributed by atoms with van der Waals surface area (Å²) in [5.74, 6) is 0.410. The van der Waals surface area contributed by atoms with Gasteiger partial charge in [-0.15, -0.1) is 0 Å². The molecule has 2 aromatic carbocycles. The molecule has 5 heteroatoms. The normalized spacial score (nSPS) is 10.2. The SMILES string of the molecule is N#CCOc1ccc(/C=C/C(=O)Nc2ccccc2Br)cc1. The zero-order valence-electron chi connectivity index (χ0n) is 11.6. The molecule has 0 spiro atoms. The number of nitriles is 1. The summed E-state index contributed by atoms with van der Waals surface area (Å²) < 4.78 is 5.99. The van der Waals surface area contributed by atoms with Crippen LogP contribution in [0.5, 0.6) is 5.75 Å². The van der Waals surface area contributed by atoms with Gasteiger partial charge in [-0.2, -0.15) is 5.26 Å². The lowest BCUT2D eigenvalue weighted by Crippen LogP contribution is -2.07. The first-order chi connectivity index (χ1) is 10.7. The quantitative estimate of drug-likeness (QED) is 0.823. The lowest BCUT2D eigenvalue weighted by molar-refractivity contribution is -0.111.